The van der Waals surface area contributed by atoms with E-state index in [9.17, 15) is 5.11 Å². The first-order valence-electron chi connectivity index (χ1n) is 7.02. The van der Waals surface area contributed by atoms with Gasteiger partial charge in [0, 0.05) is 18.3 Å². The standard InChI is InChI=1S/C16H20N2O2/c17-13-4-1-3-12(9-13)16(19)11-18(14-6-7-14)10-15-5-2-8-20-15/h1-5,8-9,14,16,19H,6-7,10-11,17H2. The minimum atomic E-state index is -0.519. The minimum absolute atomic E-state index is 0.519. The molecule has 4 heteroatoms. The molecule has 2 aromatic rings. The molecule has 0 spiro atoms. The van der Waals surface area contributed by atoms with E-state index in [0.717, 1.165) is 17.9 Å². The van der Waals surface area contributed by atoms with E-state index in [1.54, 1.807) is 6.26 Å². The molecular weight excluding hydrogens is 252 g/mol. The summed E-state index contributed by atoms with van der Waals surface area (Å²) in [6.45, 7) is 1.35. The molecule has 1 unspecified atom stereocenters. The molecule has 0 radical (unpaired) electrons. The minimum Gasteiger partial charge on any atom is -0.468 e. The average molecular weight is 272 g/mol. The number of rotatable bonds is 6. The van der Waals surface area contributed by atoms with Crippen molar-refractivity contribution in [2.45, 2.75) is 31.5 Å². The van der Waals surface area contributed by atoms with Gasteiger partial charge in [-0.25, -0.2) is 0 Å². The van der Waals surface area contributed by atoms with Crippen LogP contribution in [0, 0.1) is 0 Å². The number of nitrogens with zero attached hydrogens (tertiary/aromatic N) is 1. The van der Waals surface area contributed by atoms with Gasteiger partial charge in [-0.15, -0.1) is 0 Å². The van der Waals surface area contributed by atoms with Crippen molar-refractivity contribution in [3.8, 4) is 0 Å². The van der Waals surface area contributed by atoms with Crippen LogP contribution in [0.5, 0.6) is 0 Å². The number of hydrogen-bond donors (Lipinski definition) is 2. The van der Waals surface area contributed by atoms with Gasteiger partial charge in [-0.2, -0.15) is 0 Å². The van der Waals surface area contributed by atoms with E-state index in [0.29, 0.717) is 18.3 Å². The lowest BCUT2D eigenvalue weighted by Gasteiger charge is -2.24. The second-order valence-corrected chi connectivity index (χ2v) is 5.43. The predicted molar refractivity (Wildman–Crippen MR) is 78.0 cm³/mol. The van der Waals surface area contributed by atoms with Crippen LogP contribution < -0.4 is 5.73 Å². The largest absolute Gasteiger partial charge is 0.468 e. The summed E-state index contributed by atoms with van der Waals surface area (Å²) in [6.07, 6.45) is 3.57. The maximum atomic E-state index is 10.4. The van der Waals surface area contributed by atoms with Crippen LogP contribution in [0.2, 0.25) is 0 Å². The highest BCUT2D eigenvalue weighted by atomic mass is 16.3. The topological polar surface area (TPSA) is 62.6 Å². The quantitative estimate of drug-likeness (QED) is 0.793. The number of benzene rings is 1. The van der Waals surface area contributed by atoms with Crippen molar-refractivity contribution >= 4 is 5.69 Å². The molecule has 0 bridgehead atoms. The molecule has 1 atom stereocenters. The van der Waals surface area contributed by atoms with Gasteiger partial charge in [0.05, 0.1) is 18.9 Å². The molecule has 4 nitrogen and oxygen atoms in total. The summed E-state index contributed by atoms with van der Waals surface area (Å²) in [5.74, 6) is 0.941. The Morgan fingerprint density at radius 2 is 2.15 bits per heavy atom. The molecule has 1 aliphatic rings. The van der Waals surface area contributed by atoms with E-state index in [1.165, 1.54) is 12.8 Å². The third kappa shape index (κ3) is 3.21. The second-order valence-electron chi connectivity index (χ2n) is 5.43. The van der Waals surface area contributed by atoms with E-state index in [4.69, 9.17) is 10.2 Å². The molecule has 3 rings (SSSR count). The molecule has 1 saturated carbocycles. The van der Waals surface area contributed by atoms with Crippen LogP contribution in [0.3, 0.4) is 0 Å². The van der Waals surface area contributed by atoms with Crippen LogP contribution in [0.15, 0.2) is 47.1 Å². The number of furan rings is 1. The van der Waals surface area contributed by atoms with Crippen LogP contribution in [-0.2, 0) is 6.54 Å². The van der Waals surface area contributed by atoms with E-state index in [1.807, 2.05) is 36.4 Å². The lowest BCUT2D eigenvalue weighted by Crippen LogP contribution is -2.30. The summed E-state index contributed by atoms with van der Waals surface area (Å²) in [5, 5.41) is 10.4. The molecule has 1 aromatic carbocycles. The summed E-state index contributed by atoms with van der Waals surface area (Å²) in [7, 11) is 0. The fourth-order valence-corrected chi connectivity index (χ4v) is 2.48. The fraction of sp³-hybridized carbons (Fsp3) is 0.375. The molecule has 1 aromatic heterocycles. The van der Waals surface area contributed by atoms with Gasteiger partial charge in [-0.05, 0) is 42.7 Å². The van der Waals surface area contributed by atoms with Gasteiger partial charge >= 0.3 is 0 Å². The van der Waals surface area contributed by atoms with Crippen molar-refractivity contribution in [2.75, 3.05) is 12.3 Å². The van der Waals surface area contributed by atoms with E-state index < -0.39 is 6.10 Å². The smallest absolute Gasteiger partial charge is 0.117 e. The molecule has 1 aliphatic carbocycles. The molecule has 1 heterocycles. The Balaban J connectivity index is 1.67. The van der Waals surface area contributed by atoms with Gasteiger partial charge < -0.3 is 15.3 Å². The molecule has 1 fully saturated rings. The maximum absolute atomic E-state index is 10.4. The number of anilines is 1. The number of hydrogen-bond acceptors (Lipinski definition) is 4. The molecule has 20 heavy (non-hydrogen) atoms. The van der Waals surface area contributed by atoms with Gasteiger partial charge in [0.25, 0.3) is 0 Å². The Morgan fingerprint density at radius 1 is 1.30 bits per heavy atom. The van der Waals surface area contributed by atoms with Gasteiger partial charge in [0.1, 0.15) is 5.76 Å². The zero-order valence-electron chi connectivity index (χ0n) is 11.4. The van der Waals surface area contributed by atoms with Crippen molar-refractivity contribution in [3.63, 3.8) is 0 Å². The average Bonchev–Trinajstić information content (AvgIpc) is 3.16. The summed E-state index contributed by atoms with van der Waals surface area (Å²) in [4.78, 5) is 2.28. The first-order chi connectivity index (χ1) is 9.72. The van der Waals surface area contributed by atoms with Crippen molar-refractivity contribution in [1.82, 2.24) is 4.90 Å². The molecule has 106 valence electrons. The highest BCUT2D eigenvalue weighted by Gasteiger charge is 2.31. The number of nitrogen functional groups attached to an aromatic ring is 1. The van der Waals surface area contributed by atoms with Crippen LogP contribution in [0.25, 0.3) is 0 Å². The Hall–Kier alpha value is -1.78. The van der Waals surface area contributed by atoms with Gasteiger partial charge in [0.2, 0.25) is 0 Å². The molecule has 0 amide bonds. The van der Waals surface area contributed by atoms with Crippen molar-refractivity contribution in [3.05, 3.63) is 54.0 Å². The lowest BCUT2D eigenvalue weighted by molar-refractivity contribution is 0.100. The third-order valence-corrected chi connectivity index (χ3v) is 3.71. The summed E-state index contributed by atoms with van der Waals surface area (Å²) < 4.78 is 5.41. The van der Waals surface area contributed by atoms with Crippen LogP contribution in [-0.4, -0.2) is 22.6 Å². The number of nitrogens with two attached hydrogens (primary N) is 1. The molecule has 0 aliphatic heterocycles. The van der Waals surface area contributed by atoms with Gasteiger partial charge in [-0.3, -0.25) is 4.90 Å². The van der Waals surface area contributed by atoms with Crippen LogP contribution in [0.4, 0.5) is 5.69 Å². The Morgan fingerprint density at radius 3 is 2.80 bits per heavy atom. The normalized spacial score (nSPS) is 16.5. The Bertz CT molecular complexity index is 549. The third-order valence-electron chi connectivity index (χ3n) is 3.71. The molecular formula is C16H20N2O2. The lowest BCUT2D eigenvalue weighted by atomic mass is 10.1. The monoisotopic (exact) mass is 272 g/mol. The van der Waals surface area contributed by atoms with Gasteiger partial charge in [0.15, 0.2) is 0 Å². The van der Waals surface area contributed by atoms with Crippen LogP contribution in [0.1, 0.15) is 30.3 Å². The highest BCUT2D eigenvalue weighted by Crippen LogP contribution is 2.30. The van der Waals surface area contributed by atoms with E-state index in [2.05, 4.69) is 4.90 Å². The fourth-order valence-electron chi connectivity index (χ4n) is 2.48. The van der Waals surface area contributed by atoms with Gasteiger partial charge in [-0.1, -0.05) is 12.1 Å². The molecule has 3 N–H and O–H groups in total. The van der Waals surface area contributed by atoms with E-state index >= 15 is 0 Å². The Labute approximate surface area is 118 Å². The highest BCUT2D eigenvalue weighted by molar-refractivity contribution is 5.41. The zero-order valence-corrected chi connectivity index (χ0v) is 11.4. The van der Waals surface area contributed by atoms with Crippen molar-refractivity contribution in [2.24, 2.45) is 0 Å². The van der Waals surface area contributed by atoms with E-state index in [-0.39, 0.29) is 0 Å². The number of aliphatic hydroxyl groups is 1. The zero-order chi connectivity index (χ0) is 13.9. The first-order valence-corrected chi connectivity index (χ1v) is 7.02. The maximum Gasteiger partial charge on any atom is 0.117 e. The second kappa shape index (κ2) is 5.69. The SMILES string of the molecule is Nc1cccc(C(O)CN(Cc2ccco2)C2CC2)c1. The number of aliphatic hydroxyl groups excluding tert-OH is 1. The summed E-state index contributed by atoms with van der Waals surface area (Å²) >= 11 is 0. The predicted octanol–water partition coefficient (Wildman–Crippen LogP) is 2.56. The molecule has 0 saturated heterocycles. The summed E-state index contributed by atoms with van der Waals surface area (Å²) in [5.41, 5.74) is 7.33. The Kier molecular flexibility index (Phi) is 3.76. The van der Waals surface area contributed by atoms with Crippen LogP contribution >= 0.6 is 0 Å². The summed E-state index contributed by atoms with van der Waals surface area (Å²) in [6, 6.07) is 11.9. The van der Waals surface area contributed by atoms with Crippen molar-refractivity contribution < 1.29 is 9.52 Å². The van der Waals surface area contributed by atoms with Crippen molar-refractivity contribution in [1.29, 1.82) is 0 Å². The first kappa shape index (κ1) is 13.2.